The van der Waals surface area contributed by atoms with Crippen LogP contribution < -0.4 is 4.72 Å². The Hall–Kier alpha value is -2.48. The number of fused-ring (bicyclic) bond motifs is 1. The van der Waals surface area contributed by atoms with Gasteiger partial charge in [-0.15, -0.1) is 23.1 Å². The molecule has 4 aromatic rings. The molecule has 0 amide bonds. The van der Waals surface area contributed by atoms with Crippen molar-refractivity contribution in [1.82, 2.24) is 0 Å². The minimum Gasteiger partial charge on any atom is -0.506 e. The molecule has 0 bridgehead atoms. The zero-order valence-corrected chi connectivity index (χ0v) is 17.2. The van der Waals surface area contributed by atoms with Crippen molar-refractivity contribution in [3.05, 3.63) is 83.7 Å². The predicted octanol–water partition coefficient (Wildman–Crippen LogP) is 5.70. The summed E-state index contributed by atoms with van der Waals surface area (Å²) < 4.78 is 28.4. The lowest BCUT2D eigenvalue weighted by Gasteiger charge is -2.14. The number of rotatable bonds is 6. The predicted molar refractivity (Wildman–Crippen MR) is 117 cm³/mol. The molecule has 0 aliphatic rings. The van der Waals surface area contributed by atoms with Crippen LogP contribution in [0, 0.1) is 0 Å². The second-order valence-corrected chi connectivity index (χ2v) is 10.0. The van der Waals surface area contributed by atoms with Crippen LogP contribution in [-0.2, 0) is 15.8 Å². The highest BCUT2D eigenvalue weighted by molar-refractivity contribution is 7.98. The molecule has 4 nitrogen and oxygen atoms in total. The fraction of sp³-hybridized carbons (Fsp3) is 0.0476. The van der Waals surface area contributed by atoms with Crippen LogP contribution in [0.25, 0.3) is 10.8 Å². The highest BCUT2D eigenvalue weighted by Gasteiger charge is 2.19. The molecule has 0 saturated carbocycles. The van der Waals surface area contributed by atoms with Crippen molar-refractivity contribution in [2.75, 3.05) is 4.72 Å². The van der Waals surface area contributed by atoms with Crippen molar-refractivity contribution in [3.8, 4) is 5.75 Å². The molecule has 0 aliphatic heterocycles. The normalized spacial score (nSPS) is 11.6. The number of thioether (sulfide) groups is 1. The van der Waals surface area contributed by atoms with E-state index in [2.05, 4.69) is 4.72 Å². The van der Waals surface area contributed by atoms with E-state index in [1.165, 1.54) is 11.8 Å². The molecule has 0 fully saturated rings. The number of phenolic OH excluding ortho intramolecular Hbond substituents is 1. The Morgan fingerprint density at radius 3 is 2.36 bits per heavy atom. The summed E-state index contributed by atoms with van der Waals surface area (Å²) in [7, 11) is -3.68. The molecule has 142 valence electrons. The van der Waals surface area contributed by atoms with Gasteiger partial charge in [0, 0.05) is 16.5 Å². The molecule has 1 heterocycles. The maximum atomic E-state index is 12.7. The number of aromatic hydroxyl groups is 1. The van der Waals surface area contributed by atoms with Gasteiger partial charge in [-0.2, -0.15) is 0 Å². The van der Waals surface area contributed by atoms with Crippen molar-refractivity contribution < 1.29 is 13.5 Å². The topological polar surface area (TPSA) is 66.4 Å². The van der Waals surface area contributed by atoms with E-state index in [0.29, 0.717) is 27.1 Å². The summed E-state index contributed by atoms with van der Waals surface area (Å²) in [4.78, 5) is 0.631. The lowest BCUT2D eigenvalue weighted by molar-refractivity contribution is 0.469. The molecule has 0 spiro atoms. The first kappa shape index (κ1) is 18.9. The number of anilines is 1. The van der Waals surface area contributed by atoms with E-state index in [0.717, 1.165) is 16.9 Å². The Labute approximate surface area is 171 Å². The van der Waals surface area contributed by atoms with Gasteiger partial charge in [-0.05, 0) is 23.1 Å². The molecule has 0 atom stereocenters. The van der Waals surface area contributed by atoms with Gasteiger partial charge < -0.3 is 5.11 Å². The third-order valence-electron chi connectivity index (χ3n) is 4.22. The van der Waals surface area contributed by atoms with E-state index in [1.54, 1.807) is 35.7 Å². The van der Waals surface area contributed by atoms with Gasteiger partial charge >= 0.3 is 0 Å². The maximum absolute atomic E-state index is 12.7. The summed E-state index contributed by atoms with van der Waals surface area (Å²) in [6, 6.07) is 22.1. The van der Waals surface area contributed by atoms with Gasteiger partial charge in [0.15, 0.2) is 0 Å². The second-order valence-electron chi connectivity index (χ2n) is 6.13. The summed E-state index contributed by atoms with van der Waals surface area (Å²) in [5, 5.41) is 13.7. The Kier molecular flexibility index (Phi) is 5.30. The molecule has 0 radical (unpaired) electrons. The monoisotopic (exact) mass is 427 g/mol. The molecule has 2 N–H and O–H groups in total. The van der Waals surface area contributed by atoms with Gasteiger partial charge in [-0.1, -0.05) is 60.7 Å². The van der Waals surface area contributed by atoms with Gasteiger partial charge in [-0.3, -0.25) is 4.72 Å². The lowest BCUT2D eigenvalue weighted by atomic mass is 10.1. The van der Waals surface area contributed by atoms with Crippen LogP contribution in [0.15, 0.2) is 87.3 Å². The van der Waals surface area contributed by atoms with Gasteiger partial charge in [0.1, 0.15) is 9.96 Å². The quantitative estimate of drug-likeness (QED) is 0.306. The first-order valence-corrected chi connectivity index (χ1v) is 11.9. The Morgan fingerprint density at radius 2 is 1.64 bits per heavy atom. The van der Waals surface area contributed by atoms with Crippen molar-refractivity contribution in [3.63, 3.8) is 0 Å². The van der Waals surface area contributed by atoms with Crippen LogP contribution in [0.1, 0.15) is 5.56 Å². The van der Waals surface area contributed by atoms with Crippen molar-refractivity contribution in [1.29, 1.82) is 0 Å². The van der Waals surface area contributed by atoms with Crippen molar-refractivity contribution >= 4 is 49.6 Å². The van der Waals surface area contributed by atoms with E-state index < -0.39 is 10.0 Å². The highest BCUT2D eigenvalue weighted by atomic mass is 32.2. The largest absolute Gasteiger partial charge is 0.506 e. The van der Waals surface area contributed by atoms with Crippen LogP contribution in [0.5, 0.6) is 5.75 Å². The molecule has 1 aromatic heterocycles. The van der Waals surface area contributed by atoms with Crippen molar-refractivity contribution in [2.45, 2.75) is 14.9 Å². The molecule has 28 heavy (non-hydrogen) atoms. The standard InChI is InChI=1S/C21H17NO3S3/c23-21-17-10-5-4-9-16(17)18(22-28(24,25)20-11-6-12-26-20)13-19(21)27-14-15-7-2-1-3-8-15/h1-13,22-23H,14H2. The number of nitrogens with one attached hydrogen (secondary N) is 1. The number of sulfonamides is 1. The Bertz CT molecular complexity index is 1200. The smallest absolute Gasteiger partial charge is 0.271 e. The molecule has 0 aliphatic carbocycles. The molecule has 3 aromatic carbocycles. The van der Waals surface area contributed by atoms with Crippen LogP contribution in [-0.4, -0.2) is 13.5 Å². The van der Waals surface area contributed by atoms with Crippen LogP contribution in [0.3, 0.4) is 0 Å². The number of thiophene rings is 1. The van der Waals surface area contributed by atoms with Gasteiger partial charge in [0.25, 0.3) is 10.0 Å². The molecule has 0 unspecified atom stereocenters. The third kappa shape index (κ3) is 3.87. The number of hydrogen-bond donors (Lipinski definition) is 2. The average molecular weight is 428 g/mol. The summed E-state index contributed by atoms with van der Waals surface area (Å²) in [6.45, 7) is 0. The number of phenols is 1. The first-order valence-electron chi connectivity index (χ1n) is 8.52. The van der Waals surface area contributed by atoms with Crippen LogP contribution in [0.4, 0.5) is 5.69 Å². The Balaban J connectivity index is 1.74. The minimum atomic E-state index is -3.68. The summed E-state index contributed by atoms with van der Waals surface area (Å²) in [5.41, 5.74) is 1.58. The fourth-order valence-electron chi connectivity index (χ4n) is 2.88. The molecule has 0 saturated heterocycles. The van der Waals surface area contributed by atoms with Gasteiger partial charge in [0.05, 0.1) is 10.6 Å². The van der Waals surface area contributed by atoms with Crippen molar-refractivity contribution in [2.24, 2.45) is 0 Å². The summed E-state index contributed by atoms with van der Waals surface area (Å²) >= 11 is 2.63. The lowest BCUT2D eigenvalue weighted by Crippen LogP contribution is -2.11. The first-order chi connectivity index (χ1) is 13.5. The fourth-order valence-corrected chi connectivity index (χ4v) is 5.90. The third-order valence-corrected chi connectivity index (χ3v) is 8.09. The van der Waals surface area contributed by atoms with Crippen LogP contribution >= 0.6 is 23.1 Å². The maximum Gasteiger partial charge on any atom is 0.271 e. The van der Waals surface area contributed by atoms with E-state index >= 15 is 0 Å². The van der Waals surface area contributed by atoms with E-state index in [4.69, 9.17) is 0 Å². The summed E-state index contributed by atoms with van der Waals surface area (Å²) in [5.74, 6) is 0.833. The SMILES string of the molecule is O=S(=O)(Nc1cc(SCc2ccccc2)c(O)c2ccccc12)c1cccs1. The number of benzene rings is 3. The highest BCUT2D eigenvalue weighted by Crippen LogP contribution is 2.41. The van der Waals surface area contributed by atoms with E-state index in [1.807, 2.05) is 42.5 Å². The molecular formula is C21H17NO3S3. The zero-order chi connectivity index (χ0) is 19.6. The molecule has 4 rings (SSSR count). The molecule has 7 heteroatoms. The van der Waals surface area contributed by atoms with E-state index in [-0.39, 0.29) is 9.96 Å². The number of hydrogen-bond acceptors (Lipinski definition) is 5. The average Bonchev–Trinajstić information content (AvgIpc) is 3.26. The minimum absolute atomic E-state index is 0.163. The molecular weight excluding hydrogens is 410 g/mol. The Morgan fingerprint density at radius 1 is 0.929 bits per heavy atom. The summed E-state index contributed by atoms with van der Waals surface area (Å²) in [6.07, 6.45) is 0. The zero-order valence-electron chi connectivity index (χ0n) is 14.7. The second kappa shape index (κ2) is 7.87. The van der Waals surface area contributed by atoms with Gasteiger partial charge in [0.2, 0.25) is 0 Å². The van der Waals surface area contributed by atoms with E-state index in [9.17, 15) is 13.5 Å². The van der Waals surface area contributed by atoms with Crippen LogP contribution in [0.2, 0.25) is 0 Å². The van der Waals surface area contributed by atoms with Gasteiger partial charge in [-0.25, -0.2) is 8.42 Å².